The zero-order chi connectivity index (χ0) is 23.4. The van der Waals surface area contributed by atoms with E-state index in [1.54, 1.807) is 18.2 Å². The first-order chi connectivity index (χ1) is 15.1. The number of hydrogen-bond donors (Lipinski definition) is 4. The lowest BCUT2D eigenvalue weighted by molar-refractivity contribution is 0.262. The van der Waals surface area contributed by atoms with E-state index in [0.29, 0.717) is 21.8 Å². The van der Waals surface area contributed by atoms with Crippen molar-refractivity contribution in [2.45, 2.75) is 15.6 Å². The Morgan fingerprint density at radius 1 is 0.969 bits per heavy atom. The van der Waals surface area contributed by atoms with Gasteiger partial charge < -0.3 is 10.6 Å². The van der Waals surface area contributed by atoms with Gasteiger partial charge in [0.05, 0.1) is 16.5 Å². The Bertz CT molecular complexity index is 1390. The molecule has 2 amide bonds. The Morgan fingerprint density at radius 2 is 1.66 bits per heavy atom. The number of nitrogens with zero attached hydrogens (tertiary/aromatic N) is 1. The molecule has 0 aliphatic rings. The van der Waals surface area contributed by atoms with Crippen LogP contribution in [0.25, 0.3) is 0 Å². The van der Waals surface area contributed by atoms with Crippen molar-refractivity contribution in [3.05, 3.63) is 71.1 Å². The summed E-state index contributed by atoms with van der Waals surface area (Å²) in [6.45, 7) is -0.104. The van der Waals surface area contributed by atoms with Crippen LogP contribution in [0.5, 0.6) is 0 Å². The number of carbonyl (C=O) groups is 1. The molecule has 3 rings (SSSR count). The van der Waals surface area contributed by atoms with Gasteiger partial charge in [-0.3, -0.25) is 0 Å². The molecule has 0 atom stereocenters. The lowest BCUT2D eigenvalue weighted by Crippen LogP contribution is -2.23. The summed E-state index contributed by atoms with van der Waals surface area (Å²) in [6, 6.07) is 16.1. The fourth-order valence-corrected chi connectivity index (χ4v) is 5.35. The van der Waals surface area contributed by atoms with Crippen molar-refractivity contribution in [2.75, 3.05) is 10.6 Å². The Labute approximate surface area is 188 Å². The summed E-state index contributed by atoms with van der Waals surface area (Å²) in [7, 11) is -7.71. The first-order valence-corrected chi connectivity index (χ1v) is 12.7. The van der Waals surface area contributed by atoms with Gasteiger partial charge >= 0.3 is 6.03 Å². The van der Waals surface area contributed by atoms with Gasteiger partial charge in [0.1, 0.15) is 4.21 Å². The third-order valence-electron chi connectivity index (χ3n) is 4.03. The normalized spacial score (nSPS) is 11.5. The van der Waals surface area contributed by atoms with Gasteiger partial charge in [0.15, 0.2) is 0 Å². The molecule has 0 bridgehead atoms. The predicted molar refractivity (Wildman–Crippen MR) is 120 cm³/mol. The minimum Gasteiger partial charge on any atom is -0.308 e. The SMILES string of the molecule is N#Cc1cccc(NC(=O)Nc2ccc(S(=O)(=O)NCc3ccc(S(N)(=O)=O)s3)cc2)c1. The van der Waals surface area contributed by atoms with E-state index >= 15 is 0 Å². The van der Waals surface area contributed by atoms with Gasteiger partial charge in [0.2, 0.25) is 20.0 Å². The van der Waals surface area contributed by atoms with Crippen LogP contribution in [-0.2, 0) is 26.6 Å². The van der Waals surface area contributed by atoms with Crippen LogP contribution in [0, 0.1) is 11.3 Å². The highest BCUT2D eigenvalue weighted by Crippen LogP contribution is 2.21. The number of urea groups is 1. The highest BCUT2D eigenvalue weighted by Gasteiger charge is 2.16. The number of amides is 2. The molecule has 32 heavy (non-hydrogen) atoms. The number of nitriles is 1. The highest BCUT2D eigenvalue weighted by molar-refractivity contribution is 7.91. The number of sulfonamides is 2. The summed E-state index contributed by atoms with van der Waals surface area (Å²) < 4.78 is 49.9. The van der Waals surface area contributed by atoms with Crippen molar-refractivity contribution < 1.29 is 21.6 Å². The second-order valence-corrected chi connectivity index (χ2v) is 11.1. The topological polar surface area (TPSA) is 171 Å². The van der Waals surface area contributed by atoms with Crippen LogP contribution in [0.1, 0.15) is 10.4 Å². The van der Waals surface area contributed by atoms with Crippen molar-refractivity contribution in [1.29, 1.82) is 5.26 Å². The first kappa shape index (κ1) is 23.4. The standard InChI is InChI=1S/C19H17N5O5S3/c20-11-13-2-1-3-15(10-13)24-19(25)23-14-4-7-17(8-5-14)32(28,29)22-12-16-6-9-18(30-16)31(21,26)27/h1-10,22H,12H2,(H2,21,26,27)(H2,23,24,25). The van der Waals surface area contributed by atoms with E-state index in [1.165, 1.54) is 42.5 Å². The molecule has 1 heterocycles. The van der Waals surface area contributed by atoms with E-state index in [1.807, 2.05) is 6.07 Å². The number of nitrogens with two attached hydrogens (primary N) is 1. The van der Waals surface area contributed by atoms with Gasteiger partial charge in [-0.15, -0.1) is 11.3 Å². The zero-order valence-electron chi connectivity index (χ0n) is 16.3. The largest absolute Gasteiger partial charge is 0.323 e. The summed E-state index contributed by atoms with van der Waals surface area (Å²) in [6.07, 6.45) is 0. The molecule has 0 unspecified atom stereocenters. The van der Waals surface area contributed by atoms with Crippen LogP contribution in [-0.4, -0.2) is 22.9 Å². The highest BCUT2D eigenvalue weighted by atomic mass is 32.2. The van der Waals surface area contributed by atoms with Crippen molar-refractivity contribution in [2.24, 2.45) is 5.14 Å². The molecule has 13 heteroatoms. The van der Waals surface area contributed by atoms with Gasteiger partial charge in [-0.1, -0.05) is 6.07 Å². The Kier molecular flexibility index (Phi) is 6.92. The molecule has 5 N–H and O–H groups in total. The fourth-order valence-electron chi connectivity index (χ4n) is 2.53. The van der Waals surface area contributed by atoms with Crippen molar-refractivity contribution in [3.63, 3.8) is 0 Å². The molecular formula is C19H17N5O5S3. The van der Waals surface area contributed by atoms with Gasteiger partial charge in [-0.25, -0.2) is 31.5 Å². The molecule has 2 aromatic carbocycles. The monoisotopic (exact) mass is 491 g/mol. The summed E-state index contributed by atoms with van der Waals surface area (Å²) >= 11 is 0.876. The molecule has 1 aromatic heterocycles. The van der Waals surface area contributed by atoms with Gasteiger partial charge in [-0.05, 0) is 54.6 Å². The van der Waals surface area contributed by atoms with E-state index in [9.17, 15) is 21.6 Å². The van der Waals surface area contributed by atoms with Crippen molar-refractivity contribution in [3.8, 4) is 6.07 Å². The molecule has 166 valence electrons. The number of benzene rings is 2. The quantitative estimate of drug-likeness (QED) is 0.395. The smallest absolute Gasteiger partial charge is 0.308 e. The molecule has 0 saturated carbocycles. The molecule has 0 aliphatic heterocycles. The molecule has 3 aromatic rings. The number of rotatable bonds is 7. The maximum atomic E-state index is 12.5. The molecule has 0 fully saturated rings. The van der Waals surface area contributed by atoms with Crippen LogP contribution in [0.4, 0.5) is 16.2 Å². The van der Waals surface area contributed by atoms with E-state index in [0.717, 1.165) is 11.3 Å². The maximum Gasteiger partial charge on any atom is 0.323 e. The van der Waals surface area contributed by atoms with Crippen LogP contribution in [0.2, 0.25) is 0 Å². The van der Waals surface area contributed by atoms with Crippen LogP contribution in [0.15, 0.2) is 69.8 Å². The number of anilines is 2. The number of hydrogen-bond acceptors (Lipinski definition) is 7. The average molecular weight is 492 g/mol. The Hall–Kier alpha value is -3.28. The number of primary sulfonamides is 1. The van der Waals surface area contributed by atoms with Crippen molar-refractivity contribution >= 4 is 48.8 Å². The second-order valence-electron chi connectivity index (χ2n) is 6.39. The minimum atomic E-state index is -3.87. The Morgan fingerprint density at radius 3 is 2.28 bits per heavy atom. The van der Waals surface area contributed by atoms with Crippen molar-refractivity contribution in [1.82, 2.24) is 4.72 Å². The molecule has 10 nitrogen and oxygen atoms in total. The average Bonchev–Trinajstić information content (AvgIpc) is 3.23. The molecular weight excluding hydrogens is 474 g/mol. The summed E-state index contributed by atoms with van der Waals surface area (Å²) in [4.78, 5) is 12.6. The summed E-state index contributed by atoms with van der Waals surface area (Å²) in [5.41, 5.74) is 1.19. The van der Waals surface area contributed by atoms with Gasteiger partial charge in [-0.2, -0.15) is 5.26 Å². The Balaban J connectivity index is 1.60. The number of nitrogens with one attached hydrogen (secondary N) is 3. The van der Waals surface area contributed by atoms with E-state index < -0.39 is 26.1 Å². The van der Waals surface area contributed by atoms with Crippen LogP contribution >= 0.6 is 11.3 Å². The van der Waals surface area contributed by atoms with Crippen LogP contribution < -0.4 is 20.5 Å². The summed E-state index contributed by atoms with van der Waals surface area (Å²) in [5, 5.41) is 19.1. The van der Waals surface area contributed by atoms with E-state index in [4.69, 9.17) is 10.4 Å². The summed E-state index contributed by atoms with van der Waals surface area (Å²) in [5.74, 6) is 0. The number of carbonyl (C=O) groups excluding carboxylic acids is 1. The van der Waals surface area contributed by atoms with Gasteiger partial charge in [0.25, 0.3) is 0 Å². The number of thiophene rings is 1. The minimum absolute atomic E-state index is 0.0339. The van der Waals surface area contributed by atoms with Crippen LogP contribution in [0.3, 0.4) is 0 Å². The zero-order valence-corrected chi connectivity index (χ0v) is 18.7. The second kappa shape index (κ2) is 9.47. The molecule has 0 spiro atoms. The maximum absolute atomic E-state index is 12.5. The fraction of sp³-hybridized carbons (Fsp3) is 0.0526. The van der Waals surface area contributed by atoms with E-state index in [2.05, 4.69) is 15.4 Å². The van der Waals surface area contributed by atoms with Gasteiger partial charge in [0, 0.05) is 22.8 Å². The molecule has 0 aliphatic carbocycles. The lowest BCUT2D eigenvalue weighted by atomic mass is 10.2. The lowest BCUT2D eigenvalue weighted by Gasteiger charge is -2.09. The third kappa shape index (κ3) is 6.13. The third-order valence-corrected chi connectivity index (χ3v) is 7.97. The molecule has 0 saturated heterocycles. The predicted octanol–water partition coefficient (Wildman–Crippen LogP) is 2.39. The first-order valence-electron chi connectivity index (χ1n) is 8.86. The molecule has 0 radical (unpaired) electrons. The van der Waals surface area contributed by atoms with E-state index in [-0.39, 0.29) is 15.6 Å².